The first-order chi connectivity index (χ1) is 8.75. The number of hydrogen-bond donors (Lipinski definition) is 0. The van der Waals surface area contributed by atoms with Gasteiger partial charge in [0.1, 0.15) is 12.6 Å². The second kappa shape index (κ2) is 4.65. The van der Waals surface area contributed by atoms with Gasteiger partial charge in [-0.05, 0) is 5.56 Å². The third kappa shape index (κ3) is 1.99. The highest BCUT2D eigenvalue weighted by Gasteiger charge is 2.42. The maximum Gasteiger partial charge on any atom is 0.247 e. The molecule has 0 spiro atoms. The van der Waals surface area contributed by atoms with Gasteiger partial charge in [0.2, 0.25) is 11.8 Å². The van der Waals surface area contributed by atoms with Crippen LogP contribution in [0.4, 0.5) is 0 Å². The van der Waals surface area contributed by atoms with Crippen molar-refractivity contribution < 1.29 is 9.59 Å². The molecular formula is C13H14N2O2S. The van der Waals surface area contributed by atoms with Gasteiger partial charge in [-0.25, -0.2) is 0 Å². The summed E-state index contributed by atoms with van der Waals surface area (Å²) in [6.07, 6.45) is 0. The molecule has 4 nitrogen and oxygen atoms in total. The Morgan fingerprint density at radius 3 is 2.78 bits per heavy atom. The summed E-state index contributed by atoms with van der Waals surface area (Å²) in [5.41, 5.74) is 1.07. The van der Waals surface area contributed by atoms with E-state index in [1.165, 1.54) is 0 Å². The van der Waals surface area contributed by atoms with Crippen LogP contribution in [-0.4, -0.2) is 45.8 Å². The average molecular weight is 262 g/mol. The van der Waals surface area contributed by atoms with E-state index >= 15 is 0 Å². The minimum atomic E-state index is -0.236. The van der Waals surface area contributed by atoms with E-state index in [1.54, 1.807) is 21.6 Å². The first kappa shape index (κ1) is 11.6. The molecule has 0 aromatic heterocycles. The molecule has 94 valence electrons. The minimum Gasteiger partial charge on any atom is -0.327 e. The molecule has 18 heavy (non-hydrogen) atoms. The summed E-state index contributed by atoms with van der Waals surface area (Å²) < 4.78 is 0. The maximum atomic E-state index is 12.3. The lowest BCUT2D eigenvalue weighted by molar-refractivity contribution is -0.153. The van der Waals surface area contributed by atoms with E-state index in [2.05, 4.69) is 0 Å². The Hall–Kier alpha value is -1.49. The fraction of sp³-hybridized carbons (Fsp3) is 0.385. The molecule has 2 saturated heterocycles. The molecule has 0 radical (unpaired) electrons. The van der Waals surface area contributed by atoms with Gasteiger partial charge in [-0.3, -0.25) is 9.59 Å². The maximum absolute atomic E-state index is 12.3. The fourth-order valence-electron chi connectivity index (χ4n) is 2.37. The van der Waals surface area contributed by atoms with E-state index in [-0.39, 0.29) is 24.4 Å². The predicted octanol–water partition coefficient (Wildman–Crippen LogP) is 0.930. The van der Waals surface area contributed by atoms with Crippen LogP contribution in [0, 0.1) is 0 Å². The van der Waals surface area contributed by atoms with Crippen molar-refractivity contribution in [2.75, 3.05) is 18.2 Å². The largest absolute Gasteiger partial charge is 0.327 e. The molecule has 2 aliphatic heterocycles. The van der Waals surface area contributed by atoms with Crippen molar-refractivity contribution in [1.29, 1.82) is 0 Å². The van der Waals surface area contributed by atoms with Crippen molar-refractivity contribution in [3.8, 4) is 0 Å². The molecule has 1 atom stereocenters. The summed E-state index contributed by atoms with van der Waals surface area (Å²) in [6.45, 7) is 0.741. The van der Waals surface area contributed by atoms with Crippen molar-refractivity contribution >= 4 is 23.6 Å². The van der Waals surface area contributed by atoms with Crippen LogP contribution in [0.3, 0.4) is 0 Å². The normalized spacial score (nSPS) is 23.4. The molecule has 0 N–H and O–H groups in total. The summed E-state index contributed by atoms with van der Waals surface area (Å²) in [6, 6.07) is 9.57. The molecule has 0 saturated carbocycles. The Morgan fingerprint density at radius 1 is 1.22 bits per heavy atom. The van der Waals surface area contributed by atoms with Crippen LogP contribution in [-0.2, 0) is 16.1 Å². The number of thioether (sulfide) groups is 1. The Balaban J connectivity index is 1.77. The minimum absolute atomic E-state index is 0.0699. The number of benzene rings is 1. The zero-order valence-electron chi connectivity index (χ0n) is 9.91. The smallest absolute Gasteiger partial charge is 0.247 e. The first-order valence-electron chi connectivity index (χ1n) is 5.95. The lowest BCUT2D eigenvalue weighted by atomic mass is 10.1. The molecule has 0 aliphatic carbocycles. The number of piperazine rings is 1. The Labute approximate surface area is 110 Å². The van der Waals surface area contributed by atoms with Crippen LogP contribution in [0.2, 0.25) is 0 Å². The van der Waals surface area contributed by atoms with Crippen LogP contribution in [0.25, 0.3) is 0 Å². The van der Waals surface area contributed by atoms with Gasteiger partial charge in [0.15, 0.2) is 0 Å². The summed E-state index contributed by atoms with van der Waals surface area (Å²) in [5.74, 6) is 1.55. The Kier molecular flexibility index (Phi) is 2.99. The third-order valence-corrected chi connectivity index (χ3v) is 4.35. The number of hydrogen-bond acceptors (Lipinski definition) is 3. The SMILES string of the molecule is O=C1[C@H]2CSCN2C(=O)CN1Cc1ccccc1. The Morgan fingerprint density at radius 2 is 2.00 bits per heavy atom. The Bertz CT molecular complexity index is 477. The van der Waals surface area contributed by atoms with Crippen molar-refractivity contribution in [2.45, 2.75) is 12.6 Å². The number of amides is 2. The second-order valence-corrected chi connectivity index (χ2v) is 5.56. The summed E-state index contributed by atoms with van der Waals surface area (Å²) >= 11 is 1.65. The van der Waals surface area contributed by atoms with Gasteiger partial charge < -0.3 is 9.80 Å². The molecule has 2 aliphatic rings. The lowest BCUT2D eigenvalue weighted by Gasteiger charge is -2.35. The predicted molar refractivity (Wildman–Crippen MR) is 69.8 cm³/mol. The molecule has 2 heterocycles. The molecular weight excluding hydrogens is 248 g/mol. The quantitative estimate of drug-likeness (QED) is 0.796. The highest BCUT2D eigenvalue weighted by atomic mass is 32.2. The van der Waals surface area contributed by atoms with E-state index in [4.69, 9.17) is 0 Å². The number of carbonyl (C=O) groups is 2. The zero-order chi connectivity index (χ0) is 12.5. The summed E-state index contributed by atoms with van der Waals surface area (Å²) in [5, 5.41) is 0. The average Bonchev–Trinajstić information content (AvgIpc) is 2.87. The molecule has 0 unspecified atom stereocenters. The van der Waals surface area contributed by atoms with Crippen LogP contribution in [0.15, 0.2) is 30.3 Å². The van der Waals surface area contributed by atoms with Crippen molar-refractivity contribution in [3.05, 3.63) is 35.9 Å². The highest BCUT2D eigenvalue weighted by Crippen LogP contribution is 2.26. The summed E-state index contributed by atoms with van der Waals surface area (Å²) in [4.78, 5) is 27.6. The van der Waals surface area contributed by atoms with Crippen molar-refractivity contribution in [3.63, 3.8) is 0 Å². The van der Waals surface area contributed by atoms with Crippen LogP contribution in [0.1, 0.15) is 5.56 Å². The topological polar surface area (TPSA) is 40.6 Å². The van der Waals surface area contributed by atoms with Gasteiger partial charge >= 0.3 is 0 Å². The van der Waals surface area contributed by atoms with E-state index < -0.39 is 0 Å². The van der Waals surface area contributed by atoms with Gasteiger partial charge in [-0.1, -0.05) is 30.3 Å². The van der Waals surface area contributed by atoms with E-state index in [0.29, 0.717) is 12.4 Å². The van der Waals surface area contributed by atoms with Crippen LogP contribution in [0.5, 0.6) is 0 Å². The van der Waals surface area contributed by atoms with Gasteiger partial charge in [-0.15, -0.1) is 11.8 Å². The molecule has 2 fully saturated rings. The zero-order valence-corrected chi connectivity index (χ0v) is 10.7. The monoisotopic (exact) mass is 262 g/mol. The molecule has 1 aromatic carbocycles. The molecule has 0 bridgehead atoms. The third-order valence-electron chi connectivity index (χ3n) is 3.34. The fourth-order valence-corrected chi connectivity index (χ4v) is 3.55. The van der Waals surface area contributed by atoms with E-state index in [9.17, 15) is 9.59 Å². The molecule has 5 heteroatoms. The molecule has 3 rings (SSSR count). The number of carbonyl (C=O) groups excluding carboxylic acids is 2. The summed E-state index contributed by atoms with van der Waals surface area (Å²) in [7, 11) is 0. The van der Waals surface area contributed by atoms with Gasteiger partial charge in [-0.2, -0.15) is 0 Å². The van der Waals surface area contributed by atoms with Gasteiger partial charge in [0.25, 0.3) is 0 Å². The number of rotatable bonds is 2. The first-order valence-corrected chi connectivity index (χ1v) is 7.11. The second-order valence-electron chi connectivity index (χ2n) is 4.56. The lowest BCUT2D eigenvalue weighted by Crippen LogP contribution is -2.57. The van der Waals surface area contributed by atoms with E-state index in [1.807, 2.05) is 30.3 Å². The van der Waals surface area contributed by atoms with Gasteiger partial charge in [0.05, 0.1) is 5.88 Å². The number of fused-ring (bicyclic) bond motifs is 1. The number of nitrogens with zero attached hydrogens (tertiary/aromatic N) is 2. The van der Waals surface area contributed by atoms with Crippen molar-refractivity contribution in [1.82, 2.24) is 9.80 Å². The molecule has 2 amide bonds. The highest BCUT2D eigenvalue weighted by molar-refractivity contribution is 7.99. The van der Waals surface area contributed by atoms with Crippen molar-refractivity contribution in [2.24, 2.45) is 0 Å². The van der Waals surface area contributed by atoms with E-state index in [0.717, 1.165) is 11.3 Å². The van der Waals surface area contributed by atoms with Crippen LogP contribution < -0.4 is 0 Å². The molecule has 1 aromatic rings. The van der Waals surface area contributed by atoms with Crippen LogP contribution >= 0.6 is 11.8 Å². The van der Waals surface area contributed by atoms with Gasteiger partial charge in [0, 0.05) is 12.3 Å². The standard InChI is InChI=1S/C13H14N2O2S/c16-12-7-14(6-10-4-2-1-3-5-10)13(17)11-8-18-9-15(11)12/h1-5,11H,6-9H2/t11-/m1/s1.